The van der Waals surface area contributed by atoms with Crippen molar-refractivity contribution in [3.8, 4) is 0 Å². The summed E-state index contributed by atoms with van der Waals surface area (Å²) < 4.78 is 0. The summed E-state index contributed by atoms with van der Waals surface area (Å²) in [5.74, 6) is -0.975. The molecule has 1 N–H and O–H groups in total. The lowest BCUT2D eigenvalue weighted by molar-refractivity contribution is -0.160. The Balaban J connectivity index is 1.82. The van der Waals surface area contributed by atoms with Crippen LogP contribution in [0.2, 0.25) is 0 Å². The minimum atomic E-state index is -1.29. The summed E-state index contributed by atoms with van der Waals surface area (Å²) in [5, 5.41) is 19.0. The normalized spacial score (nSPS) is 20.1. The van der Waals surface area contributed by atoms with E-state index in [9.17, 15) is 9.90 Å². The van der Waals surface area contributed by atoms with Crippen molar-refractivity contribution in [2.45, 2.75) is 18.6 Å². The fourth-order valence-corrected chi connectivity index (χ4v) is 2.37. The maximum Gasteiger partial charge on any atom is 0.356 e. The van der Waals surface area contributed by atoms with Gasteiger partial charge in [0, 0.05) is 6.42 Å². The molecule has 1 atom stereocenters. The third kappa shape index (κ3) is 2.50. The van der Waals surface area contributed by atoms with E-state index in [1.165, 1.54) is 5.01 Å². The highest BCUT2D eigenvalue weighted by Gasteiger charge is 2.51. The molecule has 0 fully saturated rings. The third-order valence-electron chi connectivity index (χ3n) is 3.56. The highest BCUT2D eigenvalue weighted by molar-refractivity contribution is 5.79. The fourth-order valence-electron chi connectivity index (χ4n) is 2.37. The van der Waals surface area contributed by atoms with E-state index in [0.29, 0.717) is 13.0 Å². The molecule has 5 nitrogen and oxygen atoms in total. The highest BCUT2D eigenvalue weighted by Crippen LogP contribution is 2.33. The van der Waals surface area contributed by atoms with Crippen LogP contribution in [0.3, 0.4) is 0 Å². The molecule has 0 aromatic heterocycles. The Morgan fingerprint density at radius 3 is 2.05 bits per heavy atom. The number of hydrogen-bond acceptors (Lipinski definition) is 4. The maximum atomic E-state index is 11.7. The van der Waals surface area contributed by atoms with Crippen molar-refractivity contribution in [1.82, 2.24) is 5.01 Å². The van der Waals surface area contributed by atoms with Gasteiger partial charge < -0.3 is 5.11 Å². The van der Waals surface area contributed by atoms with Crippen LogP contribution in [-0.2, 0) is 17.8 Å². The first-order chi connectivity index (χ1) is 10.2. The molecule has 0 saturated carbocycles. The molecule has 0 aliphatic carbocycles. The van der Waals surface area contributed by atoms with Crippen molar-refractivity contribution in [3.63, 3.8) is 0 Å². The monoisotopic (exact) mass is 281 g/mol. The van der Waals surface area contributed by atoms with Crippen LogP contribution in [0.1, 0.15) is 11.1 Å². The average molecular weight is 281 g/mol. The van der Waals surface area contributed by atoms with Gasteiger partial charge in [-0.2, -0.15) is 0 Å². The second-order valence-corrected chi connectivity index (χ2v) is 5.02. The van der Waals surface area contributed by atoms with Gasteiger partial charge in [-0.3, -0.25) is 0 Å². The van der Waals surface area contributed by atoms with Gasteiger partial charge in [-0.25, -0.2) is 9.80 Å². The van der Waals surface area contributed by atoms with E-state index in [1.807, 2.05) is 60.7 Å². The maximum absolute atomic E-state index is 11.7. The largest absolute Gasteiger partial charge is 0.478 e. The summed E-state index contributed by atoms with van der Waals surface area (Å²) in [7, 11) is 0. The van der Waals surface area contributed by atoms with Crippen molar-refractivity contribution in [3.05, 3.63) is 71.8 Å². The molecule has 1 heterocycles. The Labute approximate surface area is 122 Å². The van der Waals surface area contributed by atoms with Crippen molar-refractivity contribution in [1.29, 1.82) is 0 Å². The standard InChI is InChI=1S/C16H15N3O2/c20-15(21)16(11-13-7-3-1-4-8-13)17-18-19(16)12-14-9-5-2-6-10-14/h1-10H,11-12H2,(H,20,21)/t16-/m0/s1. The van der Waals surface area contributed by atoms with Gasteiger partial charge in [-0.05, 0) is 11.1 Å². The van der Waals surface area contributed by atoms with Crippen molar-refractivity contribution < 1.29 is 9.90 Å². The Bertz CT molecular complexity index is 658. The van der Waals surface area contributed by atoms with Crippen LogP contribution in [0.15, 0.2) is 71.0 Å². The first-order valence-electron chi connectivity index (χ1n) is 6.72. The zero-order valence-electron chi connectivity index (χ0n) is 11.4. The number of hydrogen-bond donors (Lipinski definition) is 1. The SMILES string of the molecule is O=C(O)[C@@]1(Cc2ccccc2)N=NN1Cc1ccccc1. The number of carboxylic acids is 1. The number of nitrogens with zero attached hydrogens (tertiary/aromatic N) is 3. The number of carboxylic acid groups (broad SMARTS) is 1. The number of aliphatic carboxylic acids is 1. The molecule has 0 amide bonds. The fraction of sp³-hybridized carbons (Fsp3) is 0.188. The molecule has 0 saturated heterocycles. The molecule has 0 spiro atoms. The van der Waals surface area contributed by atoms with Gasteiger partial charge in [0.15, 0.2) is 0 Å². The summed E-state index contributed by atoms with van der Waals surface area (Å²) in [4.78, 5) is 11.7. The molecule has 0 unspecified atom stereocenters. The number of rotatable bonds is 5. The van der Waals surface area contributed by atoms with E-state index in [4.69, 9.17) is 0 Å². The quantitative estimate of drug-likeness (QED) is 0.916. The van der Waals surface area contributed by atoms with E-state index in [0.717, 1.165) is 11.1 Å². The molecular weight excluding hydrogens is 266 g/mol. The second-order valence-electron chi connectivity index (χ2n) is 5.02. The molecule has 21 heavy (non-hydrogen) atoms. The molecule has 106 valence electrons. The van der Waals surface area contributed by atoms with E-state index in [-0.39, 0.29) is 0 Å². The first kappa shape index (κ1) is 13.3. The second kappa shape index (κ2) is 5.36. The summed E-state index contributed by atoms with van der Waals surface area (Å²) in [6, 6.07) is 19.2. The lowest BCUT2D eigenvalue weighted by Crippen LogP contribution is -2.57. The van der Waals surface area contributed by atoms with Gasteiger partial charge in [0.25, 0.3) is 5.66 Å². The van der Waals surface area contributed by atoms with Gasteiger partial charge in [-0.15, -0.1) is 5.11 Å². The Kier molecular flexibility index (Phi) is 3.39. The molecule has 5 heteroatoms. The summed E-state index contributed by atoms with van der Waals surface area (Å²) in [6.07, 6.45) is 0.305. The van der Waals surface area contributed by atoms with Gasteiger partial charge in [0.05, 0.1) is 6.54 Å². The Morgan fingerprint density at radius 1 is 1.00 bits per heavy atom. The summed E-state index contributed by atoms with van der Waals surface area (Å²) >= 11 is 0. The van der Waals surface area contributed by atoms with Crippen LogP contribution in [0, 0.1) is 0 Å². The van der Waals surface area contributed by atoms with Crippen molar-refractivity contribution in [2.75, 3.05) is 0 Å². The molecule has 1 aliphatic rings. The van der Waals surface area contributed by atoms with Gasteiger partial charge >= 0.3 is 5.97 Å². The minimum absolute atomic E-state index is 0.305. The molecule has 2 aromatic carbocycles. The van der Waals surface area contributed by atoms with Crippen LogP contribution in [0.25, 0.3) is 0 Å². The van der Waals surface area contributed by atoms with Crippen LogP contribution < -0.4 is 0 Å². The van der Waals surface area contributed by atoms with Crippen molar-refractivity contribution >= 4 is 5.97 Å². The van der Waals surface area contributed by atoms with E-state index in [1.54, 1.807) is 0 Å². The van der Waals surface area contributed by atoms with E-state index in [2.05, 4.69) is 10.3 Å². The van der Waals surface area contributed by atoms with Crippen LogP contribution in [0.5, 0.6) is 0 Å². The van der Waals surface area contributed by atoms with Crippen LogP contribution in [-0.4, -0.2) is 21.7 Å². The zero-order chi connectivity index (χ0) is 14.7. The molecule has 0 radical (unpaired) electrons. The highest BCUT2D eigenvalue weighted by atomic mass is 16.4. The van der Waals surface area contributed by atoms with E-state index < -0.39 is 11.6 Å². The molecule has 2 aromatic rings. The van der Waals surface area contributed by atoms with Crippen LogP contribution >= 0.6 is 0 Å². The zero-order valence-corrected chi connectivity index (χ0v) is 11.4. The van der Waals surface area contributed by atoms with Crippen molar-refractivity contribution in [2.24, 2.45) is 10.3 Å². The van der Waals surface area contributed by atoms with Gasteiger partial charge in [0.2, 0.25) is 0 Å². The molecule has 1 aliphatic heterocycles. The smallest absolute Gasteiger partial charge is 0.356 e. The predicted octanol–water partition coefficient (Wildman–Crippen LogP) is 2.89. The lowest BCUT2D eigenvalue weighted by Gasteiger charge is -2.40. The molecule has 0 bridgehead atoms. The predicted molar refractivity (Wildman–Crippen MR) is 77.4 cm³/mol. The van der Waals surface area contributed by atoms with Gasteiger partial charge in [0.1, 0.15) is 0 Å². The Morgan fingerprint density at radius 2 is 1.57 bits per heavy atom. The molecule has 3 rings (SSSR count). The molecular formula is C16H15N3O2. The van der Waals surface area contributed by atoms with E-state index >= 15 is 0 Å². The van der Waals surface area contributed by atoms with Gasteiger partial charge in [-0.1, -0.05) is 65.9 Å². The minimum Gasteiger partial charge on any atom is -0.478 e. The topological polar surface area (TPSA) is 65.3 Å². The number of benzene rings is 2. The summed E-state index contributed by atoms with van der Waals surface area (Å²) in [6.45, 7) is 0.434. The average Bonchev–Trinajstić information content (AvgIpc) is 2.51. The third-order valence-corrected chi connectivity index (χ3v) is 3.56. The first-order valence-corrected chi connectivity index (χ1v) is 6.72. The summed E-state index contributed by atoms with van der Waals surface area (Å²) in [5.41, 5.74) is 0.642. The number of carbonyl (C=O) groups is 1. The lowest BCUT2D eigenvalue weighted by atomic mass is 9.98. The Hall–Kier alpha value is -2.69. The van der Waals surface area contributed by atoms with Crippen LogP contribution in [0.4, 0.5) is 0 Å².